The molecule has 0 atom stereocenters. The summed E-state index contributed by atoms with van der Waals surface area (Å²) < 4.78 is 0. The van der Waals surface area contributed by atoms with Gasteiger partial charge in [0.2, 0.25) is 0 Å². The van der Waals surface area contributed by atoms with Crippen LogP contribution >= 0.6 is 24.0 Å². The quantitative estimate of drug-likeness (QED) is 0.400. The fourth-order valence-electron chi connectivity index (χ4n) is 1.72. The maximum absolute atomic E-state index is 11.6. The van der Waals surface area contributed by atoms with Gasteiger partial charge in [0.25, 0.3) is 5.91 Å². The molecule has 0 unspecified atom stereocenters. The zero-order valence-corrected chi connectivity index (χ0v) is 15.4. The van der Waals surface area contributed by atoms with E-state index in [1.54, 1.807) is 13.1 Å². The molecule has 0 saturated heterocycles. The zero-order valence-electron chi connectivity index (χ0n) is 13.1. The number of guanidine groups is 1. The second-order valence-corrected chi connectivity index (χ2v) is 4.77. The van der Waals surface area contributed by atoms with Crippen molar-refractivity contribution in [1.29, 1.82) is 0 Å². The average molecular weight is 404 g/mol. The van der Waals surface area contributed by atoms with Gasteiger partial charge in [-0.15, -0.1) is 24.0 Å². The molecule has 0 aliphatic heterocycles. The lowest BCUT2D eigenvalue weighted by atomic mass is 10.1. The third-order valence-corrected chi connectivity index (χ3v) is 2.61. The third kappa shape index (κ3) is 7.31. The average Bonchev–Trinajstić information content (AvgIpc) is 2.44. The second-order valence-electron chi connectivity index (χ2n) is 4.77. The first kappa shape index (κ1) is 19.7. The van der Waals surface area contributed by atoms with Crippen molar-refractivity contribution in [1.82, 2.24) is 16.0 Å². The van der Waals surface area contributed by atoms with Crippen LogP contribution < -0.4 is 16.0 Å². The number of amides is 1. The largest absolute Gasteiger partial charge is 0.357 e. The Balaban J connectivity index is 0.00000400. The Labute approximate surface area is 144 Å². The molecular formula is C15H25IN4O. The van der Waals surface area contributed by atoms with E-state index in [-0.39, 0.29) is 29.9 Å². The van der Waals surface area contributed by atoms with E-state index in [0.29, 0.717) is 18.2 Å². The number of benzene rings is 1. The summed E-state index contributed by atoms with van der Waals surface area (Å²) in [5.41, 5.74) is 1.66. The molecule has 0 saturated carbocycles. The normalized spacial score (nSPS) is 10.8. The Hall–Kier alpha value is -1.31. The molecule has 6 heteroatoms. The Morgan fingerprint density at radius 2 is 2.05 bits per heavy atom. The van der Waals surface area contributed by atoms with Gasteiger partial charge in [0.1, 0.15) is 0 Å². The summed E-state index contributed by atoms with van der Waals surface area (Å²) in [5, 5.41) is 9.07. The molecule has 1 aromatic carbocycles. The zero-order chi connectivity index (χ0) is 15.0. The van der Waals surface area contributed by atoms with E-state index in [1.165, 1.54) is 0 Å². The van der Waals surface area contributed by atoms with E-state index in [1.807, 2.05) is 25.1 Å². The Morgan fingerprint density at radius 3 is 2.62 bits per heavy atom. The number of carbonyl (C=O) groups excluding carboxylic acids is 1. The molecule has 1 rings (SSSR count). The Morgan fingerprint density at radius 1 is 1.33 bits per heavy atom. The number of hydrogen-bond donors (Lipinski definition) is 3. The minimum atomic E-state index is -0.0805. The van der Waals surface area contributed by atoms with Gasteiger partial charge in [0.15, 0.2) is 5.96 Å². The van der Waals surface area contributed by atoms with Gasteiger partial charge in [-0.2, -0.15) is 0 Å². The van der Waals surface area contributed by atoms with Gasteiger partial charge >= 0.3 is 0 Å². The van der Waals surface area contributed by atoms with Gasteiger partial charge in [0.05, 0.1) is 6.54 Å². The topological polar surface area (TPSA) is 65.5 Å². The lowest BCUT2D eigenvalue weighted by Crippen LogP contribution is -2.41. The smallest absolute Gasteiger partial charge is 0.251 e. The molecular weight excluding hydrogens is 379 g/mol. The molecule has 3 N–H and O–H groups in total. The number of aliphatic imine (C=N–C) groups is 1. The number of rotatable bonds is 5. The van der Waals surface area contributed by atoms with E-state index in [9.17, 15) is 4.79 Å². The van der Waals surface area contributed by atoms with E-state index in [0.717, 1.165) is 18.1 Å². The third-order valence-electron chi connectivity index (χ3n) is 2.61. The highest BCUT2D eigenvalue weighted by atomic mass is 127. The Bertz CT molecular complexity index is 474. The SMILES string of the molecule is CCNC(=NCc1cccc(C(=O)NC)c1)NC(C)C.I. The number of nitrogens with one attached hydrogen (secondary N) is 3. The highest BCUT2D eigenvalue weighted by Gasteiger charge is 2.04. The van der Waals surface area contributed by atoms with Crippen molar-refractivity contribution in [3.05, 3.63) is 35.4 Å². The minimum Gasteiger partial charge on any atom is -0.357 e. The number of hydrogen-bond acceptors (Lipinski definition) is 2. The molecule has 1 amide bonds. The summed E-state index contributed by atoms with van der Waals surface area (Å²) in [4.78, 5) is 16.1. The summed E-state index contributed by atoms with van der Waals surface area (Å²) in [5.74, 6) is 0.705. The highest BCUT2D eigenvalue weighted by Crippen LogP contribution is 2.06. The number of halogens is 1. The molecule has 0 aliphatic carbocycles. The molecule has 0 aliphatic rings. The summed E-state index contributed by atoms with van der Waals surface area (Å²) >= 11 is 0. The molecule has 0 aromatic heterocycles. The minimum absolute atomic E-state index is 0. The molecule has 0 radical (unpaired) electrons. The number of nitrogens with zero attached hydrogens (tertiary/aromatic N) is 1. The van der Waals surface area contributed by atoms with Crippen molar-refractivity contribution in [2.75, 3.05) is 13.6 Å². The molecule has 0 fully saturated rings. The van der Waals surface area contributed by atoms with Gasteiger partial charge in [0, 0.05) is 25.2 Å². The Kier molecular flexibility index (Phi) is 9.77. The van der Waals surface area contributed by atoms with E-state index in [4.69, 9.17) is 0 Å². The van der Waals surface area contributed by atoms with Gasteiger partial charge < -0.3 is 16.0 Å². The number of carbonyl (C=O) groups is 1. The lowest BCUT2D eigenvalue weighted by Gasteiger charge is -2.14. The fourth-order valence-corrected chi connectivity index (χ4v) is 1.72. The van der Waals surface area contributed by atoms with Crippen molar-refractivity contribution in [3.8, 4) is 0 Å². The monoisotopic (exact) mass is 404 g/mol. The van der Waals surface area contributed by atoms with Crippen LogP contribution in [-0.2, 0) is 6.54 Å². The molecule has 0 bridgehead atoms. The van der Waals surface area contributed by atoms with Crippen LogP contribution in [0.1, 0.15) is 36.7 Å². The van der Waals surface area contributed by atoms with Gasteiger partial charge in [-0.25, -0.2) is 4.99 Å². The van der Waals surface area contributed by atoms with Gasteiger partial charge in [-0.05, 0) is 38.5 Å². The van der Waals surface area contributed by atoms with Crippen molar-refractivity contribution >= 4 is 35.8 Å². The summed E-state index contributed by atoms with van der Waals surface area (Å²) in [6.07, 6.45) is 0. The van der Waals surface area contributed by atoms with E-state index in [2.05, 4.69) is 34.8 Å². The van der Waals surface area contributed by atoms with Crippen LogP contribution in [0.4, 0.5) is 0 Å². The van der Waals surface area contributed by atoms with Crippen LogP contribution in [0.15, 0.2) is 29.3 Å². The standard InChI is InChI=1S/C15H24N4O.HI/c1-5-17-15(19-11(2)3)18-10-12-7-6-8-13(9-12)14(20)16-4;/h6-9,11H,5,10H2,1-4H3,(H,16,20)(H2,17,18,19);1H. The van der Waals surface area contributed by atoms with Crippen LogP contribution in [0.25, 0.3) is 0 Å². The van der Waals surface area contributed by atoms with Crippen molar-refractivity contribution < 1.29 is 4.79 Å². The van der Waals surface area contributed by atoms with Crippen LogP contribution in [0.2, 0.25) is 0 Å². The molecule has 21 heavy (non-hydrogen) atoms. The molecule has 118 valence electrons. The summed E-state index contributed by atoms with van der Waals surface area (Å²) in [6, 6.07) is 7.82. The molecule has 1 aromatic rings. The first-order valence-electron chi connectivity index (χ1n) is 6.92. The second kappa shape index (κ2) is 10.4. The molecule has 0 heterocycles. The van der Waals surface area contributed by atoms with Crippen LogP contribution in [0.5, 0.6) is 0 Å². The lowest BCUT2D eigenvalue weighted by molar-refractivity contribution is 0.0963. The van der Waals surface area contributed by atoms with E-state index < -0.39 is 0 Å². The predicted molar refractivity (Wildman–Crippen MR) is 98.3 cm³/mol. The van der Waals surface area contributed by atoms with Gasteiger partial charge in [-0.3, -0.25) is 4.79 Å². The summed E-state index contributed by atoms with van der Waals surface area (Å²) in [6.45, 7) is 7.52. The first-order chi connectivity index (χ1) is 9.56. The first-order valence-corrected chi connectivity index (χ1v) is 6.92. The van der Waals surface area contributed by atoms with Crippen LogP contribution in [0, 0.1) is 0 Å². The van der Waals surface area contributed by atoms with Crippen molar-refractivity contribution in [3.63, 3.8) is 0 Å². The van der Waals surface area contributed by atoms with E-state index >= 15 is 0 Å². The van der Waals surface area contributed by atoms with Crippen LogP contribution in [-0.4, -0.2) is 31.5 Å². The predicted octanol–water partition coefficient (Wildman–Crippen LogP) is 2.13. The molecule has 0 spiro atoms. The summed E-state index contributed by atoms with van der Waals surface area (Å²) in [7, 11) is 1.63. The van der Waals surface area contributed by atoms with Crippen molar-refractivity contribution in [2.45, 2.75) is 33.4 Å². The highest BCUT2D eigenvalue weighted by molar-refractivity contribution is 14.0. The van der Waals surface area contributed by atoms with Crippen molar-refractivity contribution in [2.24, 2.45) is 4.99 Å². The maximum Gasteiger partial charge on any atom is 0.251 e. The fraction of sp³-hybridized carbons (Fsp3) is 0.467. The molecule has 5 nitrogen and oxygen atoms in total. The van der Waals surface area contributed by atoms with Crippen LogP contribution in [0.3, 0.4) is 0 Å². The van der Waals surface area contributed by atoms with Gasteiger partial charge in [-0.1, -0.05) is 12.1 Å². The maximum atomic E-state index is 11.6.